The minimum Gasteiger partial charge on any atom is -0.463 e. The Hall–Kier alpha value is -1.58. The van der Waals surface area contributed by atoms with Gasteiger partial charge in [-0.1, -0.05) is 18.2 Å². The van der Waals surface area contributed by atoms with Gasteiger partial charge in [0.15, 0.2) is 0 Å². The number of hydrogen-bond donors (Lipinski definition) is 0. The van der Waals surface area contributed by atoms with Gasteiger partial charge in [-0.05, 0) is 13.8 Å². The molecular formula is C12H18O4. The third kappa shape index (κ3) is 8.99. The molecule has 0 N–H and O–H groups in total. The fraction of sp³-hybridized carbons (Fsp3) is 0.500. The van der Waals surface area contributed by atoms with Gasteiger partial charge in [0.25, 0.3) is 0 Å². The van der Waals surface area contributed by atoms with Gasteiger partial charge < -0.3 is 9.47 Å². The van der Waals surface area contributed by atoms with Crippen LogP contribution in [0.15, 0.2) is 24.3 Å². The Bertz CT molecular complexity index is 279. The number of allylic oxidation sites excluding steroid dienone is 2. The molecule has 16 heavy (non-hydrogen) atoms. The molecule has 0 rings (SSSR count). The van der Waals surface area contributed by atoms with Gasteiger partial charge in [0.05, 0.1) is 6.61 Å². The largest absolute Gasteiger partial charge is 0.463 e. The van der Waals surface area contributed by atoms with Crippen molar-refractivity contribution in [3.63, 3.8) is 0 Å². The standard InChI is InChI=1S/C12H18O4/c1-4-15-12(14)9-7-5-6-8-10(2)16-11(3)13/h5-7,9-10H,4,8H2,1-3H3/b6-5+,9-7+/t10-/m0/s1. The minimum absolute atomic E-state index is 0.148. The first-order valence-electron chi connectivity index (χ1n) is 5.23. The fourth-order valence-corrected chi connectivity index (χ4v) is 1.00. The highest BCUT2D eigenvalue weighted by Crippen LogP contribution is 1.99. The number of hydrogen-bond acceptors (Lipinski definition) is 4. The molecule has 0 saturated carbocycles. The Kier molecular flexibility index (Phi) is 7.85. The van der Waals surface area contributed by atoms with Gasteiger partial charge in [-0.15, -0.1) is 0 Å². The monoisotopic (exact) mass is 226 g/mol. The molecule has 90 valence electrons. The SMILES string of the molecule is CCOC(=O)/C=C/C=C/C[C@H](C)OC(C)=O. The van der Waals surface area contributed by atoms with Crippen molar-refractivity contribution >= 4 is 11.9 Å². The summed E-state index contributed by atoms with van der Waals surface area (Å²) < 4.78 is 9.60. The summed E-state index contributed by atoms with van der Waals surface area (Å²) in [4.78, 5) is 21.5. The second-order valence-corrected chi connectivity index (χ2v) is 3.20. The van der Waals surface area contributed by atoms with Gasteiger partial charge in [-0.2, -0.15) is 0 Å². The molecule has 0 aromatic heterocycles. The van der Waals surface area contributed by atoms with Crippen molar-refractivity contribution in [2.24, 2.45) is 0 Å². The summed E-state index contributed by atoms with van der Waals surface area (Å²) in [6.07, 6.45) is 6.95. The molecular weight excluding hydrogens is 208 g/mol. The zero-order valence-corrected chi connectivity index (χ0v) is 9.93. The highest BCUT2D eigenvalue weighted by molar-refractivity contribution is 5.82. The smallest absolute Gasteiger partial charge is 0.330 e. The van der Waals surface area contributed by atoms with Crippen molar-refractivity contribution in [1.29, 1.82) is 0 Å². The molecule has 0 aliphatic rings. The van der Waals surface area contributed by atoms with Crippen molar-refractivity contribution in [2.75, 3.05) is 6.61 Å². The summed E-state index contributed by atoms with van der Waals surface area (Å²) in [6.45, 7) is 5.31. The summed E-state index contributed by atoms with van der Waals surface area (Å²) in [5.74, 6) is -0.650. The van der Waals surface area contributed by atoms with Crippen molar-refractivity contribution in [1.82, 2.24) is 0 Å². The highest BCUT2D eigenvalue weighted by atomic mass is 16.5. The van der Waals surface area contributed by atoms with Gasteiger partial charge in [-0.3, -0.25) is 4.79 Å². The molecule has 0 radical (unpaired) electrons. The molecule has 1 atom stereocenters. The highest BCUT2D eigenvalue weighted by Gasteiger charge is 2.01. The van der Waals surface area contributed by atoms with E-state index in [0.29, 0.717) is 13.0 Å². The lowest BCUT2D eigenvalue weighted by atomic mass is 10.2. The van der Waals surface area contributed by atoms with E-state index in [-0.39, 0.29) is 18.0 Å². The van der Waals surface area contributed by atoms with Crippen molar-refractivity contribution < 1.29 is 19.1 Å². The van der Waals surface area contributed by atoms with E-state index in [9.17, 15) is 9.59 Å². The molecule has 0 fully saturated rings. The van der Waals surface area contributed by atoms with E-state index < -0.39 is 0 Å². The van der Waals surface area contributed by atoms with Crippen LogP contribution in [0.4, 0.5) is 0 Å². The van der Waals surface area contributed by atoms with E-state index in [2.05, 4.69) is 0 Å². The zero-order valence-electron chi connectivity index (χ0n) is 9.93. The lowest BCUT2D eigenvalue weighted by Crippen LogP contribution is -2.10. The molecule has 0 spiro atoms. The van der Waals surface area contributed by atoms with Crippen LogP contribution in [-0.4, -0.2) is 24.6 Å². The lowest BCUT2D eigenvalue weighted by molar-refractivity contribution is -0.145. The Labute approximate surface area is 95.9 Å². The molecule has 0 bridgehead atoms. The van der Waals surface area contributed by atoms with Crippen LogP contribution in [0, 0.1) is 0 Å². The maximum Gasteiger partial charge on any atom is 0.330 e. The van der Waals surface area contributed by atoms with Crippen molar-refractivity contribution in [3.05, 3.63) is 24.3 Å². The summed E-state index contributed by atoms with van der Waals surface area (Å²) in [6, 6.07) is 0. The van der Waals surface area contributed by atoms with Gasteiger partial charge in [0, 0.05) is 19.4 Å². The van der Waals surface area contributed by atoms with E-state index in [1.165, 1.54) is 13.0 Å². The van der Waals surface area contributed by atoms with Crippen molar-refractivity contribution in [2.45, 2.75) is 33.3 Å². The van der Waals surface area contributed by atoms with E-state index in [1.54, 1.807) is 26.0 Å². The Morgan fingerprint density at radius 1 is 1.31 bits per heavy atom. The van der Waals surface area contributed by atoms with Crippen LogP contribution in [0.25, 0.3) is 0 Å². The summed E-state index contributed by atoms with van der Waals surface area (Å²) in [5, 5.41) is 0. The Morgan fingerprint density at radius 3 is 2.56 bits per heavy atom. The summed E-state index contributed by atoms with van der Waals surface area (Å²) in [5.41, 5.74) is 0. The van der Waals surface area contributed by atoms with E-state index in [4.69, 9.17) is 9.47 Å². The van der Waals surface area contributed by atoms with Gasteiger partial charge in [-0.25, -0.2) is 4.79 Å². The first kappa shape index (κ1) is 14.4. The van der Waals surface area contributed by atoms with Crippen LogP contribution >= 0.6 is 0 Å². The molecule has 0 saturated heterocycles. The fourth-order valence-electron chi connectivity index (χ4n) is 1.00. The Balaban J connectivity index is 3.76. The molecule has 0 amide bonds. The number of carbonyl (C=O) groups is 2. The van der Waals surface area contributed by atoms with Gasteiger partial charge in [0.2, 0.25) is 0 Å². The molecule has 4 heteroatoms. The molecule has 0 aromatic carbocycles. The third-order valence-electron chi connectivity index (χ3n) is 1.60. The number of ether oxygens (including phenoxy) is 2. The predicted molar refractivity (Wildman–Crippen MR) is 60.8 cm³/mol. The van der Waals surface area contributed by atoms with Gasteiger partial charge >= 0.3 is 11.9 Å². The van der Waals surface area contributed by atoms with Crippen LogP contribution in [0.1, 0.15) is 27.2 Å². The lowest BCUT2D eigenvalue weighted by Gasteiger charge is -2.07. The zero-order chi connectivity index (χ0) is 12.4. The summed E-state index contributed by atoms with van der Waals surface area (Å²) in [7, 11) is 0. The Morgan fingerprint density at radius 2 is 2.00 bits per heavy atom. The van der Waals surface area contributed by atoms with Crippen LogP contribution in [0.2, 0.25) is 0 Å². The second kappa shape index (κ2) is 8.71. The quantitative estimate of drug-likeness (QED) is 0.395. The molecule has 0 unspecified atom stereocenters. The van der Waals surface area contributed by atoms with E-state index in [0.717, 1.165) is 0 Å². The molecule has 0 aliphatic heterocycles. The van der Waals surface area contributed by atoms with Crippen LogP contribution in [-0.2, 0) is 19.1 Å². The topological polar surface area (TPSA) is 52.6 Å². The minimum atomic E-state index is -0.361. The molecule has 0 aromatic rings. The maximum atomic E-state index is 10.9. The third-order valence-corrected chi connectivity index (χ3v) is 1.60. The van der Waals surface area contributed by atoms with Crippen molar-refractivity contribution in [3.8, 4) is 0 Å². The second-order valence-electron chi connectivity index (χ2n) is 3.20. The first-order chi connectivity index (χ1) is 7.56. The summed E-state index contributed by atoms with van der Waals surface area (Å²) >= 11 is 0. The van der Waals surface area contributed by atoms with Crippen LogP contribution in [0.5, 0.6) is 0 Å². The first-order valence-corrected chi connectivity index (χ1v) is 5.23. The molecule has 0 aliphatic carbocycles. The van der Waals surface area contributed by atoms with Gasteiger partial charge in [0.1, 0.15) is 6.10 Å². The number of rotatable bonds is 6. The number of esters is 2. The number of carbonyl (C=O) groups excluding carboxylic acids is 2. The average molecular weight is 226 g/mol. The van der Waals surface area contributed by atoms with E-state index >= 15 is 0 Å². The molecule has 4 nitrogen and oxygen atoms in total. The average Bonchev–Trinajstić information content (AvgIpc) is 2.16. The van der Waals surface area contributed by atoms with Crippen LogP contribution in [0.3, 0.4) is 0 Å². The van der Waals surface area contributed by atoms with E-state index in [1.807, 2.05) is 6.08 Å². The normalized spacial score (nSPS) is 12.9. The van der Waals surface area contributed by atoms with Crippen LogP contribution < -0.4 is 0 Å². The predicted octanol–water partition coefficient (Wildman–Crippen LogP) is 2.00. The molecule has 0 heterocycles. The maximum absolute atomic E-state index is 10.9.